The highest BCUT2D eigenvalue weighted by molar-refractivity contribution is 7.89. The Morgan fingerprint density at radius 2 is 1.61 bits per heavy atom. The van der Waals surface area contributed by atoms with Crippen LogP contribution >= 0.6 is 0 Å². The summed E-state index contributed by atoms with van der Waals surface area (Å²) in [5, 5.41) is 13.3. The number of benzene rings is 2. The largest absolute Gasteiger partial charge is 0.341 e. The number of rotatable bonds is 9. The Bertz CT molecular complexity index is 941. The van der Waals surface area contributed by atoms with Crippen LogP contribution in [-0.4, -0.2) is 38.6 Å². The molecule has 28 heavy (non-hydrogen) atoms. The van der Waals surface area contributed by atoms with Crippen LogP contribution in [0.15, 0.2) is 60.7 Å². The maximum atomic E-state index is 12.4. The zero-order valence-corrected chi connectivity index (χ0v) is 15.8. The van der Waals surface area contributed by atoms with Crippen LogP contribution in [0.3, 0.4) is 0 Å². The number of hydrogen-bond donors (Lipinski definition) is 3. The van der Waals surface area contributed by atoms with Crippen molar-refractivity contribution < 1.29 is 18.0 Å². The van der Waals surface area contributed by atoms with E-state index in [9.17, 15) is 18.0 Å². The Balaban J connectivity index is 2.08. The van der Waals surface area contributed by atoms with Crippen molar-refractivity contribution in [3.63, 3.8) is 0 Å². The molecule has 0 aliphatic rings. The second-order valence-electron chi connectivity index (χ2n) is 5.86. The molecule has 8 nitrogen and oxygen atoms in total. The molecular formula is C19H20N4O4S. The van der Waals surface area contributed by atoms with Crippen molar-refractivity contribution in [3.05, 3.63) is 71.8 Å². The normalized spacial score (nSPS) is 11.8. The summed E-state index contributed by atoms with van der Waals surface area (Å²) < 4.78 is 27.2. The summed E-state index contributed by atoms with van der Waals surface area (Å²) in [6, 6.07) is 17.4. The summed E-state index contributed by atoms with van der Waals surface area (Å²) in [4.78, 5) is 24.6. The molecular weight excluding hydrogens is 380 g/mol. The Morgan fingerprint density at radius 3 is 2.21 bits per heavy atom. The number of carbonyl (C=O) groups excluding carboxylic acids is 2. The third kappa shape index (κ3) is 6.83. The number of carbonyl (C=O) groups is 2. The van der Waals surface area contributed by atoms with Gasteiger partial charge in [0, 0.05) is 12.1 Å². The highest BCUT2D eigenvalue weighted by Crippen LogP contribution is 2.03. The van der Waals surface area contributed by atoms with Gasteiger partial charge in [0.2, 0.25) is 15.9 Å². The zero-order chi connectivity index (χ0) is 20.4. The molecule has 9 heteroatoms. The molecule has 0 saturated carbocycles. The van der Waals surface area contributed by atoms with E-state index in [0.717, 1.165) is 5.56 Å². The number of nitriles is 1. The van der Waals surface area contributed by atoms with E-state index < -0.39 is 33.6 Å². The molecule has 0 aliphatic heterocycles. The lowest BCUT2D eigenvalue weighted by molar-refractivity contribution is -0.122. The summed E-state index contributed by atoms with van der Waals surface area (Å²) in [5.74, 6) is -2.00. The first-order valence-electron chi connectivity index (χ1n) is 8.43. The summed E-state index contributed by atoms with van der Waals surface area (Å²) >= 11 is 0. The Hall–Kier alpha value is -3.22. The minimum absolute atomic E-state index is 0.0579. The van der Waals surface area contributed by atoms with Gasteiger partial charge in [-0.2, -0.15) is 5.26 Å². The van der Waals surface area contributed by atoms with Crippen LogP contribution in [0.4, 0.5) is 0 Å². The standard InChI is InChI=1S/C19H20N4O4S/c20-11-12-21-19(25)17(23-18(24)16-9-5-2-6-10-16)14-28(26,27)22-13-15-7-3-1-4-8-15/h1-10,17,22H,12-14H2,(H,21,25)(H,23,24)/t17-/m0/s1. The van der Waals surface area contributed by atoms with Crippen LogP contribution < -0.4 is 15.4 Å². The maximum Gasteiger partial charge on any atom is 0.251 e. The van der Waals surface area contributed by atoms with Crippen LogP contribution in [0.5, 0.6) is 0 Å². The molecule has 2 aromatic carbocycles. The van der Waals surface area contributed by atoms with E-state index in [0.29, 0.717) is 0 Å². The van der Waals surface area contributed by atoms with Crippen molar-refractivity contribution in [2.24, 2.45) is 0 Å². The van der Waals surface area contributed by atoms with E-state index in [1.165, 1.54) is 0 Å². The molecule has 0 fully saturated rings. The highest BCUT2D eigenvalue weighted by atomic mass is 32.2. The SMILES string of the molecule is N#CCNC(=O)[C@H](CS(=O)(=O)NCc1ccccc1)NC(=O)c1ccccc1. The Morgan fingerprint density at radius 1 is 1.00 bits per heavy atom. The molecule has 0 spiro atoms. The maximum absolute atomic E-state index is 12.4. The first kappa shape index (κ1) is 21.1. The van der Waals surface area contributed by atoms with E-state index in [1.54, 1.807) is 60.7 Å². The molecule has 0 saturated heterocycles. The molecule has 2 aromatic rings. The van der Waals surface area contributed by atoms with Gasteiger partial charge >= 0.3 is 0 Å². The Kier molecular flexibility index (Phi) is 7.68. The van der Waals surface area contributed by atoms with Crippen molar-refractivity contribution in [3.8, 4) is 6.07 Å². The molecule has 2 amide bonds. The van der Waals surface area contributed by atoms with Gasteiger partial charge < -0.3 is 10.6 Å². The van der Waals surface area contributed by atoms with E-state index in [1.807, 2.05) is 6.07 Å². The number of amides is 2. The molecule has 0 radical (unpaired) electrons. The molecule has 0 bridgehead atoms. The molecule has 0 unspecified atom stereocenters. The third-order valence-electron chi connectivity index (χ3n) is 3.72. The van der Waals surface area contributed by atoms with Crippen LogP contribution in [0.1, 0.15) is 15.9 Å². The van der Waals surface area contributed by atoms with Gasteiger partial charge in [-0.05, 0) is 17.7 Å². The molecule has 0 aromatic heterocycles. The summed E-state index contributed by atoms with van der Waals surface area (Å²) in [5.41, 5.74) is 1.04. The molecule has 0 heterocycles. The lowest BCUT2D eigenvalue weighted by atomic mass is 10.2. The number of nitrogens with zero attached hydrogens (tertiary/aromatic N) is 1. The number of nitrogens with one attached hydrogen (secondary N) is 3. The molecule has 2 rings (SSSR count). The van der Waals surface area contributed by atoms with Crippen molar-refractivity contribution >= 4 is 21.8 Å². The average molecular weight is 400 g/mol. The van der Waals surface area contributed by atoms with Crippen molar-refractivity contribution in [2.75, 3.05) is 12.3 Å². The van der Waals surface area contributed by atoms with Crippen molar-refractivity contribution in [1.82, 2.24) is 15.4 Å². The van der Waals surface area contributed by atoms with Crippen LogP contribution in [0, 0.1) is 11.3 Å². The minimum Gasteiger partial charge on any atom is -0.341 e. The van der Waals surface area contributed by atoms with Gasteiger partial charge in [-0.1, -0.05) is 48.5 Å². The van der Waals surface area contributed by atoms with Crippen molar-refractivity contribution in [2.45, 2.75) is 12.6 Å². The first-order valence-corrected chi connectivity index (χ1v) is 10.1. The fourth-order valence-corrected chi connectivity index (χ4v) is 3.51. The zero-order valence-electron chi connectivity index (χ0n) is 15.0. The quantitative estimate of drug-likeness (QED) is 0.530. The monoisotopic (exact) mass is 400 g/mol. The fraction of sp³-hybridized carbons (Fsp3) is 0.211. The van der Waals surface area contributed by atoms with Crippen LogP contribution in [-0.2, 0) is 21.4 Å². The van der Waals surface area contributed by atoms with E-state index in [4.69, 9.17) is 5.26 Å². The molecule has 146 valence electrons. The van der Waals surface area contributed by atoms with E-state index in [-0.39, 0.29) is 18.7 Å². The fourth-order valence-electron chi connectivity index (χ4n) is 2.33. The van der Waals surface area contributed by atoms with Gasteiger partial charge in [0.15, 0.2) is 0 Å². The minimum atomic E-state index is -3.89. The van der Waals surface area contributed by atoms with Crippen LogP contribution in [0.25, 0.3) is 0 Å². The molecule has 0 aliphatic carbocycles. The topological polar surface area (TPSA) is 128 Å². The second-order valence-corrected chi connectivity index (χ2v) is 7.71. The van der Waals surface area contributed by atoms with Gasteiger partial charge in [-0.3, -0.25) is 9.59 Å². The lowest BCUT2D eigenvalue weighted by Crippen LogP contribution is -2.51. The predicted molar refractivity (Wildman–Crippen MR) is 103 cm³/mol. The highest BCUT2D eigenvalue weighted by Gasteiger charge is 2.27. The molecule has 1 atom stereocenters. The third-order valence-corrected chi connectivity index (χ3v) is 5.08. The summed E-state index contributed by atoms with van der Waals surface area (Å²) in [7, 11) is -3.89. The van der Waals surface area contributed by atoms with Gasteiger partial charge in [0.25, 0.3) is 5.91 Å². The summed E-state index contributed by atoms with van der Waals surface area (Å²) in [6.45, 7) is -0.240. The van der Waals surface area contributed by atoms with Crippen molar-refractivity contribution in [1.29, 1.82) is 5.26 Å². The predicted octanol–water partition coefficient (Wildman–Crippen LogP) is 0.544. The summed E-state index contributed by atoms with van der Waals surface area (Å²) in [6.07, 6.45) is 0. The van der Waals surface area contributed by atoms with E-state index >= 15 is 0 Å². The van der Waals surface area contributed by atoms with Gasteiger partial charge in [-0.25, -0.2) is 13.1 Å². The van der Waals surface area contributed by atoms with E-state index in [2.05, 4.69) is 15.4 Å². The smallest absolute Gasteiger partial charge is 0.251 e. The van der Waals surface area contributed by atoms with Crippen LogP contribution in [0.2, 0.25) is 0 Å². The average Bonchev–Trinajstić information content (AvgIpc) is 2.71. The molecule has 3 N–H and O–H groups in total. The van der Waals surface area contributed by atoms with Gasteiger partial charge in [-0.15, -0.1) is 0 Å². The first-order chi connectivity index (χ1) is 13.4. The van der Waals surface area contributed by atoms with Gasteiger partial charge in [0.1, 0.15) is 12.6 Å². The lowest BCUT2D eigenvalue weighted by Gasteiger charge is -2.18. The number of sulfonamides is 1. The van der Waals surface area contributed by atoms with Gasteiger partial charge in [0.05, 0.1) is 11.8 Å². The second kappa shape index (κ2) is 10.2. The number of hydrogen-bond acceptors (Lipinski definition) is 5. The Labute approximate surface area is 163 Å².